The number of phenolic OH excluding ortho intramolecular Hbond substituents is 1. The number of benzene rings is 1. The van der Waals surface area contributed by atoms with Crippen molar-refractivity contribution in [2.24, 2.45) is 16.5 Å². The van der Waals surface area contributed by atoms with Gasteiger partial charge in [0.15, 0.2) is 5.96 Å². The molecule has 0 heterocycles. The van der Waals surface area contributed by atoms with Gasteiger partial charge in [-0.15, -0.1) is 0 Å². The van der Waals surface area contributed by atoms with Crippen molar-refractivity contribution in [3.63, 3.8) is 0 Å². The van der Waals surface area contributed by atoms with Crippen LogP contribution in [0.15, 0.2) is 17.1 Å². The van der Waals surface area contributed by atoms with E-state index in [1.54, 1.807) is 0 Å². The summed E-state index contributed by atoms with van der Waals surface area (Å²) < 4.78 is 0. The van der Waals surface area contributed by atoms with Crippen LogP contribution < -0.4 is 16.8 Å². The van der Waals surface area contributed by atoms with Gasteiger partial charge in [0.2, 0.25) is 5.91 Å². The van der Waals surface area contributed by atoms with Crippen LogP contribution in [0.2, 0.25) is 0 Å². The molecule has 0 unspecified atom stereocenters. The highest BCUT2D eigenvalue weighted by Crippen LogP contribution is 2.35. The number of aromatic hydroxyl groups is 1. The molecule has 96 valence electrons. The molecule has 1 aromatic rings. The molecule has 0 aromatic heterocycles. The number of nitrogens with two attached hydrogens (primary N) is 2. The number of amides is 1. The Morgan fingerprint density at radius 2 is 1.94 bits per heavy atom. The first-order valence-electron chi connectivity index (χ1n) is 4.78. The molecule has 0 aliphatic rings. The Labute approximate surface area is 102 Å². The van der Waals surface area contributed by atoms with Crippen molar-refractivity contribution in [3.8, 4) is 5.75 Å². The number of aliphatic imine (C=N–C) groups is 1. The van der Waals surface area contributed by atoms with Gasteiger partial charge in [0.1, 0.15) is 11.4 Å². The number of anilines is 1. The number of carbonyl (C=O) groups excluding carboxylic acids is 1. The molecule has 1 rings (SSSR count). The first kappa shape index (κ1) is 13.3. The van der Waals surface area contributed by atoms with Gasteiger partial charge in [0.25, 0.3) is 0 Å². The zero-order valence-electron chi connectivity index (χ0n) is 9.47. The van der Waals surface area contributed by atoms with Crippen molar-refractivity contribution in [3.05, 3.63) is 17.7 Å². The van der Waals surface area contributed by atoms with Crippen molar-refractivity contribution in [2.45, 2.75) is 6.92 Å². The summed E-state index contributed by atoms with van der Waals surface area (Å²) in [7, 11) is 0. The predicted octanol–water partition coefficient (Wildman–Crippen LogP) is -0.0463. The van der Waals surface area contributed by atoms with Crippen LogP contribution in [0.5, 0.6) is 5.75 Å². The lowest BCUT2D eigenvalue weighted by atomic mass is 10.1. The largest absolute Gasteiger partial charge is 0.506 e. The number of hydrogen-bond donors (Lipinski definition) is 5. The van der Waals surface area contributed by atoms with E-state index < -0.39 is 17.6 Å². The third-order valence-corrected chi connectivity index (χ3v) is 1.89. The number of nitrogens with one attached hydrogen (secondary N) is 1. The zero-order valence-corrected chi connectivity index (χ0v) is 9.47. The maximum absolute atomic E-state index is 11.0. The SMILES string of the molecule is CC(=O)Nc1c(O)cc(C(=O)O)cc1N=C(N)N. The number of carbonyl (C=O) groups is 2. The van der Waals surface area contributed by atoms with E-state index in [0.29, 0.717) is 0 Å². The Morgan fingerprint density at radius 3 is 2.39 bits per heavy atom. The maximum atomic E-state index is 11.0. The number of carboxylic acid groups (broad SMARTS) is 1. The number of carboxylic acids is 1. The minimum Gasteiger partial charge on any atom is -0.506 e. The van der Waals surface area contributed by atoms with Gasteiger partial charge in [-0.3, -0.25) is 4.79 Å². The summed E-state index contributed by atoms with van der Waals surface area (Å²) in [6, 6.07) is 2.12. The molecule has 0 saturated carbocycles. The fraction of sp³-hybridized carbons (Fsp3) is 0.100. The number of guanidine groups is 1. The first-order valence-corrected chi connectivity index (χ1v) is 4.78. The summed E-state index contributed by atoms with van der Waals surface area (Å²) in [5.74, 6) is -2.49. The van der Waals surface area contributed by atoms with Crippen LogP contribution in [0.25, 0.3) is 0 Å². The van der Waals surface area contributed by atoms with Gasteiger partial charge < -0.3 is 27.0 Å². The molecule has 1 aromatic carbocycles. The van der Waals surface area contributed by atoms with E-state index in [4.69, 9.17) is 16.6 Å². The van der Waals surface area contributed by atoms with E-state index in [-0.39, 0.29) is 22.9 Å². The van der Waals surface area contributed by atoms with Crippen LogP contribution >= 0.6 is 0 Å². The molecular formula is C10H12N4O4. The second-order valence-electron chi connectivity index (χ2n) is 3.41. The van der Waals surface area contributed by atoms with E-state index in [0.717, 1.165) is 12.1 Å². The summed E-state index contributed by atoms with van der Waals surface area (Å²) >= 11 is 0. The molecule has 8 nitrogen and oxygen atoms in total. The quantitative estimate of drug-likeness (QED) is 0.289. The van der Waals surface area contributed by atoms with Crippen molar-refractivity contribution in [1.29, 1.82) is 0 Å². The van der Waals surface area contributed by atoms with Crippen molar-refractivity contribution < 1.29 is 19.8 Å². The minimum absolute atomic E-state index is 0.0393. The molecule has 18 heavy (non-hydrogen) atoms. The topological polar surface area (TPSA) is 151 Å². The van der Waals surface area contributed by atoms with Gasteiger partial charge in [-0.05, 0) is 12.1 Å². The van der Waals surface area contributed by atoms with Crippen LogP contribution in [-0.4, -0.2) is 28.0 Å². The predicted molar refractivity (Wildman–Crippen MR) is 64.8 cm³/mol. The summed E-state index contributed by atoms with van der Waals surface area (Å²) in [5.41, 5.74) is 10.1. The van der Waals surface area contributed by atoms with Crippen LogP contribution in [0.1, 0.15) is 17.3 Å². The van der Waals surface area contributed by atoms with Crippen molar-refractivity contribution in [2.75, 3.05) is 5.32 Å². The molecule has 8 heteroatoms. The second-order valence-corrected chi connectivity index (χ2v) is 3.41. The highest BCUT2D eigenvalue weighted by Gasteiger charge is 2.14. The van der Waals surface area contributed by atoms with Gasteiger partial charge in [-0.2, -0.15) is 0 Å². The van der Waals surface area contributed by atoms with Gasteiger partial charge in [0.05, 0.1) is 11.3 Å². The summed E-state index contributed by atoms with van der Waals surface area (Å²) in [4.78, 5) is 25.4. The third kappa shape index (κ3) is 3.11. The fourth-order valence-electron chi connectivity index (χ4n) is 1.27. The molecule has 0 atom stereocenters. The molecule has 1 amide bonds. The normalized spacial score (nSPS) is 9.61. The summed E-state index contributed by atoms with van der Waals surface area (Å²) in [5, 5.41) is 20.8. The Kier molecular flexibility index (Phi) is 3.72. The molecule has 0 spiro atoms. The van der Waals surface area contributed by atoms with Gasteiger partial charge >= 0.3 is 5.97 Å². The second kappa shape index (κ2) is 5.04. The lowest BCUT2D eigenvalue weighted by Crippen LogP contribution is -2.22. The zero-order chi connectivity index (χ0) is 13.9. The lowest BCUT2D eigenvalue weighted by molar-refractivity contribution is -0.114. The maximum Gasteiger partial charge on any atom is 0.335 e. The first-order chi connectivity index (χ1) is 8.31. The van der Waals surface area contributed by atoms with Gasteiger partial charge in [-0.25, -0.2) is 9.79 Å². The number of rotatable bonds is 3. The minimum atomic E-state index is -1.26. The molecule has 0 radical (unpaired) electrons. The molecule has 7 N–H and O–H groups in total. The molecule has 0 aliphatic carbocycles. The van der Waals surface area contributed by atoms with Crippen LogP contribution in [0.3, 0.4) is 0 Å². The van der Waals surface area contributed by atoms with Crippen molar-refractivity contribution >= 4 is 29.2 Å². The molecule has 0 aliphatic heterocycles. The summed E-state index contributed by atoms with van der Waals surface area (Å²) in [6.07, 6.45) is 0. The summed E-state index contributed by atoms with van der Waals surface area (Å²) in [6.45, 7) is 1.23. The van der Waals surface area contributed by atoms with Gasteiger partial charge in [-0.1, -0.05) is 0 Å². The highest BCUT2D eigenvalue weighted by atomic mass is 16.4. The van der Waals surface area contributed by atoms with Crippen LogP contribution in [-0.2, 0) is 4.79 Å². The van der Waals surface area contributed by atoms with E-state index in [2.05, 4.69) is 10.3 Å². The van der Waals surface area contributed by atoms with Gasteiger partial charge in [0, 0.05) is 6.92 Å². The van der Waals surface area contributed by atoms with E-state index in [1.807, 2.05) is 0 Å². The van der Waals surface area contributed by atoms with E-state index in [1.165, 1.54) is 6.92 Å². The smallest absolute Gasteiger partial charge is 0.335 e. The van der Waals surface area contributed by atoms with E-state index in [9.17, 15) is 14.7 Å². The number of aromatic carboxylic acids is 1. The fourth-order valence-corrected chi connectivity index (χ4v) is 1.27. The third-order valence-electron chi connectivity index (χ3n) is 1.89. The molecule has 0 saturated heterocycles. The Morgan fingerprint density at radius 1 is 1.33 bits per heavy atom. The standard InChI is InChI=1S/C10H12N4O4/c1-4(15)13-8-6(14-10(11)12)2-5(9(17)18)3-7(8)16/h2-3,16H,1H3,(H,13,15)(H,17,18)(H4,11,12,14). The average Bonchev–Trinajstić information content (AvgIpc) is 2.21. The average molecular weight is 252 g/mol. The monoisotopic (exact) mass is 252 g/mol. The number of hydrogen-bond acceptors (Lipinski definition) is 4. The Bertz CT molecular complexity index is 535. The van der Waals surface area contributed by atoms with Crippen LogP contribution in [0.4, 0.5) is 11.4 Å². The van der Waals surface area contributed by atoms with Crippen LogP contribution in [0, 0.1) is 0 Å². The molecule has 0 fully saturated rings. The Balaban J connectivity index is 3.44. The van der Waals surface area contributed by atoms with E-state index >= 15 is 0 Å². The number of phenols is 1. The van der Waals surface area contributed by atoms with Crippen molar-refractivity contribution in [1.82, 2.24) is 0 Å². The molecular weight excluding hydrogens is 240 g/mol. The molecule has 0 bridgehead atoms. The Hall–Kier alpha value is -2.77. The lowest BCUT2D eigenvalue weighted by Gasteiger charge is -2.10. The highest BCUT2D eigenvalue weighted by molar-refractivity contribution is 5.99. The number of nitrogens with zero attached hydrogens (tertiary/aromatic N) is 1.